The highest BCUT2D eigenvalue weighted by atomic mass is 32.2. The molecular formula is C12H16O4S. The number of benzene rings is 1. The molecule has 94 valence electrons. The van der Waals surface area contributed by atoms with Crippen molar-refractivity contribution in [3.63, 3.8) is 0 Å². The molecule has 0 fully saturated rings. The topological polar surface area (TPSA) is 60.4 Å². The smallest absolute Gasteiger partial charge is 0.177 e. The Kier molecular flexibility index (Phi) is 5.31. The van der Waals surface area contributed by atoms with Gasteiger partial charge in [0.1, 0.15) is 5.75 Å². The first-order chi connectivity index (χ1) is 8.05. The van der Waals surface area contributed by atoms with Crippen LogP contribution in [0.4, 0.5) is 0 Å². The van der Waals surface area contributed by atoms with Crippen molar-refractivity contribution < 1.29 is 17.9 Å². The maximum atomic E-state index is 11.7. The molecule has 0 unspecified atom stereocenters. The van der Waals surface area contributed by atoms with Gasteiger partial charge in [-0.3, -0.25) is 4.79 Å². The summed E-state index contributed by atoms with van der Waals surface area (Å²) in [5.41, 5.74) is 0.433. The van der Waals surface area contributed by atoms with Crippen molar-refractivity contribution in [2.45, 2.75) is 6.42 Å². The molecule has 4 nitrogen and oxygen atoms in total. The van der Waals surface area contributed by atoms with Gasteiger partial charge in [0.25, 0.3) is 0 Å². The number of rotatable bonds is 7. The predicted octanol–water partition coefficient (Wildman–Crippen LogP) is 1.32. The molecule has 0 amide bonds. The number of carbonyl (C=O) groups excluding carboxylic acids is 1. The molecular weight excluding hydrogens is 240 g/mol. The summed E-state index contributed by atoms with van der Waals surface area (Å²) in [5.74, 6) is -0.803. The van der Waals surface area contributed by atoms with Crippen molar-refractivity contribution in [2.75, 3.05) is 25.2 Å². The Labute approximate surface area is 102 Å². The lowest BCUT2D eigenvalue weighted by Gasteiger charge is -2.03. The highest BCUT2D eigenvalue weighted by molar-refractivity contribution is 7.92. The highest BCUT2D eigenvalue weighted by Gasteiger charge is 2.17. The van der Waals surface area contributed by atoms with E-state index in [1.54, 1.807) is 30.3 Å². The van der Waals surface area contributed by atoms with E-state index >= 15 is 0 Å². The van der Waals surface area contributed by atoms with E-state index in [1.807, 2.05) is 0 Å². The molecule has 0 saturated heterocycles. The average molecular weight is 256 g/mol. The molecule has 1 aromatic rings. The van der Waals surface area contributed by atoms with Gasteiger partial charge in [-0.1, -0.05) is 30.3 Å². The van der Waals surface area contributed by atoms with E-state index in [0.29, 0.717) is 18.6 Å². The zero-order valence-electron chi connectivity index (χ0n) is 9.76. The molecule has 0 bridgehead atoms. The van der Waals surface area contributed by atoms with Gasteiger partial charge in [0.15, 0.2) is 15.6 Å². The highest BCUT2D eigenvalue weighted by Crippen LogP contribution is 2.04. The third-order valence-electron chi connectivity index (χ3n) is 2.25. The van der Waals surface area contributed by atoms with E-state index in [0.717, 1.165) is 0 Å². The van der Waals surface area contributed by atoms with Gasteiger partial charge in [-0.05, 0) is 6.42 Å². The van der Waals surface area contributed by atoms with Gasteiger partial charge in [-0.25, -0.2) is 8.42 Å². The lowest BCUT2D eigenvalue weighted by atomic mass is 10.2. The molecule has 0 saturated carbocycles. The summed E-state index contributed by atoms with van der Waals surface area (Å²) in [6.07, 6.45) is 0.418. The Balaban J connectivity index is 2.56. The van der Waals surface area contributed by atoms with E-state index in [4.69, 9.17) is 4.74 Å². The van der Waals surface area contributed by atoms with Crippen molar-refractivity contribution in [1.82, 2.24) is 0 Å². The predicted molar refractivity (Wildman–Crippen MR) is 65.9 cm³/mol. The third kappa shape index (κ3) is 5.10. The molecule has 5 heteroatoms. The SMILES string of the molecule is COCCCS(=O)(=O)CC(=O)c1ccccc1. The molecule has 0 aliphatic carbocycles. The second-order valence-electron chi connectivity index (χ2n) is 3.73. The average Bonchev–Trinajstić information content (AvgIpc) is 2.30. The lowest BCUT2D eigenvalue weighted by Crippen LogP contribution is -2.19. The summed E-state index contributed by atoms with van der Waals surface area (Å²) in [4.78, 5) is 11.7. The summed E-state index contributed by atoms with van der Waals surface area (Å²) >= 11 is 0. The molecule has 0 atom stereocenters. The van der Waals surface area contributed by atoms with Crippen molar-refractivity contribution in [3.05, 3.63) is 35.9 Å². The standard InChI is InChI=1S/C12H16O4S/c1-16-8-5-9-17(14,15)10-12(13)11-6-3-2-4-7-11/h2-4,6-7H,5,8-10H2,1H3. The number of Topliss-reactive ketones (excluding diaryl/α,β-unsaturated/α-hetero) is 1. The molecule has 0 radical (unpaired) electrons. The third-order valence-corrected chi connectivity index (χ3v) is 3.86. The molecule has 0 aromatic heterocycles. The van der Waals surface area contributed by atoms with Gasteiger partial charge < -0.3 is 4.74 Å². The number of ketones is 1. The molecule has 1 aromatic carbocycles. The summed E-state index contributed by atoms with van der Waals surface area (Å²) in [7, 11) is -1.82. The van der Waals surface area contributed by atoms with Crippen molar-refractivity contribution in [2.24, 2.45) is 0 Å². The van der Waals surface area contributed by atoms with Gasteiger partial charge in [0, 0.05) is 19.3 Å². The van der Waals surface area contributed by atoms with Crippen LogP contribution in [0.5, 0.6) is 0 Å². The quantitative estimate of drug-likeness (QED) is 0.545. The molecule has 17 heavy (non-hydrogen) atoms. The van der Waals surface area contributed by atoms with Gasteiger partial charge in [0.05, 0.1) is 5.75 Å². The summed E-state index contributed by atoms with van der Waals surface area (Å²) in [5, 5.41) is 0. The van der Waals surface area contributed by atoms with Crippen LogP contribution in [0.2, 0.25) is 0 Å². The fraction of sp³-hybridized carbons (Fsp3) is 0.417. The minimum Gasteiger partial charge on any atom is -0.385 e. The summed E-state index contributed by atoms with van der Waals surface area (Å²) in [6, 6.07) is 8.44. The van der Waals surface area contributed by atoms with E-state index in [2.05, 4.69) is 0 Å². The van der Waals surface area contributed by atoms with Crippen LogP contribution in [0, 0.1) is 0 Å². The summed E-state index contributed by atoms with van der Waals surface area (Å²) in [6.45, 7) is 0.388. The Bertz CT molecular complexity index is 451. The fourth-order valence-corrected chi connectivity index (χ4v) is 2.67. The largest absolute Gasteiger partial charge is 0.385 e. The second kappa shape index (κ2) is 6.51. The maximum absolute atomic E-state index is 11.7. The van der Waals surface area contributed by atoms with E-state index in [9.17, 15) is 13.2 Å². The maximum Gasteiger partial charge on any atom is 0.177 e. The minimum atomic E-state index is -3.33. The fourth-order valence-electron chi connectivity index (χ4n) is 1.40. The zero-order chi connectivity index (χ0) is 12.7. The van der Waals surface area contributed by atoms with Crippen molar-refractivity contribution in [1.29, 1.82) is 0 Å². The van der Waals surface area contributed by atoms with E-state index in [1.165, 1.54) is 7.11 Å². The van der Waals surface area contributed by atoms with Crippen molar-refractivity contribution in [3.8, 4) is 0 Å². The first-order valence-corrected chi connectivity index (χ1v) is 7.15. The van der Waals surface area contributed by atoms with Crippen LogP contribution < -0.4 is 0 Å². The molecule has 0 spiro atoms. The first-order valence-electron chi connectivity index (χ1n) is 5.33. The zero-order valence-corrected chi connectivity index (χ0v) is 10.6. The monoisotopic (exact) mass is 256 g/mol. The Morgan fingerprint density at radius 1 is 1.24 bits per heavy atom. The number of methoxy groups -OCH3 is 1. The number of hydrogen-bond donors (Lipinski definition) is 0. The van der Waals surface area contributed by atoms with Gasteiger partial charge in [-0.15, -0.1) is 0 Å². The summed E-state index contributed by atoms with van der Waals surface area (Å²) < 4.78 is 28.0. The normalized spacial score (nSPS) is 11.4. The van der Waals surface area contributed by atoms with Gasteiger partial charge in [-0.2, -0.15) is 0 Å². The second-order valence-corrected chi connectivity index (χ2v) is 5.91. The Morgan fingerprint density at radius 2 is 1.88 bits per heavy atom. The van der Waals surface area contributed by atoms with Crippen LogP contribution in [0.3, 0.4) is 0 Å². The molecule has 0 aliphatic rings. The van der Waals surface area contributed by atoms with Crippen LogP contribution in [-0.2, 0) is 14.6 Å². The number of ether oxygens (including phenoxy) is 1. The van der Waals surface area contributed by atoms with Crippen LogP contribution in [-0.4, -0.2) is 39.4 Å². The van der Waals surface area contributed by atoms with Crippen LogP contribution in [0.25, 0.3) is 0 Å². The van der Waals surface area contributed by atoms with Gasteiger partial charge in [0.2, 0.25) is 0 Å². The van der Waals surface area contributed by atoms with Gasteiger partial charge >= 0.3 is 0 Å². The van der Waals surface area contributed by atoms with Crippen LogP contribution in [0.1, 0.15) is 16.8 Å². The molecule has 0 heterocycles. The van der Waals surface area contributed by atoms with E-state index < -0.39 is 15.6 Å². The first kappa shape index (κ1) is 13.9. The van der Waals surface area contributed by atoms with Crippen molar-refractivity contribution >= 4 is 15.6 Å². The number of sulfone groups is 1. The number of carbonyl (C=O) groups is 1. The minimum absolute atomic E-state index is 0.0145. The lowest BCUT2D eigenvalue weighted by molar-refractivity contribution is 0.102. The Hall–Kier alpha value is -1.20. The van der Waals surface area contributed by atoms with Crippen LogP contribution in [0.15, 0.2) is 30.3 Å². The molecule has 0 aliphatic heterocycles. The van der Waals surface area contributed by atoms with E-state index in [-0.39, 0.29) is 11.5 Å². The Morgan fingerprint density at radius 3 is 2.47 bits per heavy atom. The number of hydrogen-bond acceptors (Lipinski definition) is 4. The molecule has 0 N–H and O–H groups in total. The molecule has 1 rings (SSSR count). The van der Waals surface area contributed by atoms with Crippen LogP contribution >= 0.6 is 0 Å².